The zero-order chi connectivity index (χ0) is 16.2. The smallest absolute Gasteiger partial charge is 0.231 e. The van der Waals surface area contributed by atoms with Crippen LogP contribution in [0.2, 0.25) is 0 Å². The molecule has 4 heteroatoms. The molecule has 23 heavy (non-hydrogen) atoms. The lowest BCUT2D eigenvalue weighted by Crippen LogP contribution is -2.35. The van der Waals surface area contributed by atoms with Crippen LogP contribution in [0.4, 0.5) is 0 Å². The fourth-order valence-corrected chi connectivity index (χ4v) is 3.11. The van der Waals surface area contributed by atoms with E-state index in [2.05, 4.69) is 6.92 Å². The molecule has 0 saturated heterocycles. The lowest BCUT2D eigenvalue weighted by molar-refractivity contribution is -0.133. The molecule has 0 fully saturated rings. The highest BCUT2D eigenvalue weighted by atomic mass is 16.3. The monoisotopic (exact) mass is 311 g/mol. The van der Waals surface area contributed by atoms with Gasteiger partial charge >= 0.3 is 0 Å². The Kier molecular flexibility index (Phi) is 4.60. The zero-order valence-corrected chi connectivity index (χ0v) is 13.3. The van der Waals surface area contributed by atoms with Crippen LogP contribution in [0.3, 0.4) is 0 Å². The number of benzene rings is 1. The topological polar surface area (TPSA) is 50.5 Å². The van der Waals surface area contributed by atoms with Crippen LogP contribution in [0, 0.1) is 0 Å². The summed E-state index contributed by atoms with van der Waals surface area (Å²) in [5, 5.41) is 0. The molecule has 1 atom stereocenters. The van der Waals surface area contributed by atoms with Crippen LogP contribution in [0.25, 0.3) is 0 Å². The first-order valence-electron chi connectivity index (χ1n) is 8.14. The van der Waals surface area contributed by atoms with Gasteiger partial charge in [-0.1, -0.05) is 37.6 Å². The number of carbonyl (C=O) groups is 2. The number of nitrogens with zero attached hydrogens (tertiary/aromatic N) is 1. The molecule has 0 bridgehead atoms. The van der Waals surface area contributed by atoms with E-state index >= 15 is 0 Å². The molecular weight excluding hydrogens is 290 g/mol. The van der Waals surface area contributed by atoms with Gasteiger partial charge in [-0.3, -0.25) is 9.59 Å². The van der Waals surface area contributed by atoms with E-state index in [0.717, 1.165) is 24.2 Å². The molecule has 1 amide bonds. The van der Waals surface area contributed by atoms with Crippen molar-refractivity contribution in [3.05, 3.63) is 59.5 Å². The molecule has 120 valence electrons. The first-order chi connectivity index (χ1) is 11.2. The van der Waals surface area contributed by atoms with Gasteiger partial charge in [-0.25, -0.2) is 0 Å². The van der Waals surface area contributed by atoms with Gasteiger partial charge < -0.3 is 9.32 Å². The Labute approximate surface area is 136 Å². The lowest BCUT2D eigenvalue weighted by atomic mass is 9.99. The number of rotatable bonds is 6. The highest BCUT2D eigenvalue weighted by molar-refractivity contribution is 6.06. The number of ketones is 1. The Morgan fingerprint density at radius 2 is 2.09 bits per heavy atom. The van der Waals surface area contributed by atoms with Gasteiger partial charge in [0.25, 0.3) is 0 Å². The van der Waals surface area contributed by atoms with Gasteiger partial charge in [0.2, 0.25) is 5.91 Å². The number of amides is 1. The average Bonchev–Trinajstić information content (AvgIpc) is 3.19. The van der Waals surface area contributed by atoms with Crippen LogP contribution < -0.4 is 0 Å². The van der Waals surface area contributed by atoms with E-state index in [4.69, 9.17) is 4.42 Å². The predicted molar refractivity (Wildman–Crippen MR) is 87.2 cm³/mol. The van der Waals surface area contributed by atoms with Gasteiger partial charge in [-0.15, -0.1) is 0 Å². The van der Waals surface area contributed by atoms with Gasteiger partial charge in [0, 0.05) is 18.5 Å². The maximum Gasteiger partial charge on any atom is 0.231 e. The highest BCUT2D eigenvalue weighted by Gasteiger charge is 2.36. The highest BCUT2D eigenvalue weighted by Crippen LogP contribution is 2.34. The van der Waals surface area contributed by atoms with E-state index in [0.29, 0.717) is 18.7 Å². The number of furan rings is 1. The maximum atomic E-state index is 13.0. The minimum Gasteiger partial charge on any atom is -0.467 e. The van der Waals surface area contributed by atoms with E-state index < -0.39 is 0 Å². The second kappa shape index (κ2) is 6.82. The largest absolute Gasteiger partial charge is 0.467 e. The van der Waals surface area contributed by atoms with Crippen LogP contribution in [0.5, 0.6) is 0 Å². The third-order valence-electron chi connectivity index (χ3n) is 4.34. The van der Waals surface area contributed by atoms with Gasteiger partial charge in [-0.05, 0) is 24.1 Å². The molecule has 0 unspecified atom stereocenters. The van der Waals surface area contributed by atoms with Crippen LogP contribution in [0.15, 0.2) is 47.1 Å². The van der Waals surface area contributed by atoms with E-state index in [1.807, 2.05) is 41.3 Å². The zero-order valence-electron chi connectivity index (χ0n) is 13.3. The molecule has 0 N–H and O–H groups in total. The number of hydrogen-bond acceptors (Lipinski definition) is 3. The Hall–Kier alpha value is -2.36. The van der Waals surface area contributed by atoms with Crippen molar-refractivity contribution in [3.63, 3.8) is 0 Å². The van der Waals surface area contributed by atoms with E-state index in [1.54, 1.807) is 6.26 Å². The van der Waals surface area contributed by atoms with Gasteiger partial charge in [0.15, 0.2) is 5.78 Å². The van der Waals surface area contributed by atoms with Crippen molar-refractivity contribution in [2.45, 2.75) is 38.6 Å². The molecule has 0 aliphatic heterocycles. The molecular formula is C19H21NO3. The predicted octanol–water partition coefficient (Wildman–Crippen LogP) is 3.78. The molecule has 2 aromatic rings. The minimum absolute atomic E-state index is 0.0214. The second-order valence-corrected chi connectivity index (χ2v) is 5.96. The summed E-state index contributed by atoms with van der Waals surface area (Å²) in [5.41, 5.74) is 1.56. The second-order valence-electron chi connectivity index (χ2n) is 5.96. The van der Waals surface area contributed by atoms with Gasteiger partial charge in [-0.2, -0.15) is 0 Å². The van der Waals surface area contributed by atoms with E-state index in [9.17, 15) is 9.59 Å². The summed E-state index contributed by atoms with van der Waals surface area (Å²) in [6.45, 7) is 3.24. The summed E-state index contributed by atoms with van der Waals surface area (Å²) in [6, 6.07) is 11.1. The minimum atomic E-state index is -0.356. The standard InChI is InChI=1S/C19H21NO3/c1-2-3-10-20(13-14-7-6-11-23-14)19(22)17-12-18(21)16-9-5-4-8-15(16)17/h4-9,11,17H,2-3,10,12-13H2,1H3/t17-/m0/s1. The Balaban J connectivity index is 1.82. The number of unbranched alkanes of at least 4 members (excludes halogenated alkanes) is 1. The van der Waals surface area contributed by atoms with Crippen molar-refractivity contribution in [1.82, 2.24) is 4.90 Å². The molecule has 3 rings (SSSR count). The van der Waals surface area contributed by atoms with Crippen molar-refractivity contribution in [2.24, 2.45) is 0 Å². The molecule has 1 aliphatic rings. The molecule has 0 saturated carbocycles. The summed E-state index contributed by atoms with van der Waals surface area (Å²) in [6.07, 6.45) is 3.85. The van der Waals surface area contributed by atoms with Crippen LogP contribution in [-0.4, -0.2) is 23.1 Å². The average molecular weight is 311 g/mol. The summed E-state index contributed by atoms with van der Waals surface area (Å²) in [5.74, 6) is 0.498. The molecule has 1 heterocycles. The number of Topliss-reactive ketones (excluding diaryl/α,β-unsaturated/α-hetero) is 1. The molecule has 1 aromatic heterocycles. The lowest BCUT2D eigenvalue weighted by Gasteiger charge is -2.25. The molecule has 0 radical (unpaired) electrons. The number of fused-ring (bicyclic) bond motifs is 1. The fraction of sp³-hybridized carbons (Fsp3) is 0.368. The van der Waals surface area contributed by atoms with Crippen molar-refractivity contribution in [1.29, 1.82) is 0 Å². The normalized spacial score (nSPS) is 16.4. The third-order valence-corrected chi connectivity index (χ3v) is 4.34. The Morgan fingerprint density at radius 3 is 2.83 bits per heavy atom. The molecule has 0 spiro atoms. The summed E-state index contributed by atoms with van der Waals surface area (Å²) < 4.78 is 5.39. The van der Waals surface area contributed by atoms with Crippen LogP contribution >= 0.6 is 0 Å². The first-order valence-corrected chi connectivity index (χ1v) is 8.14. The third kappa shape index (κ3) is 3.21. The number of hydrogen-bond donors (Lipinski definition) is 0. The quantitative estimate of drug-likeness (QED) is 0.816. The van der Waals surface area contributed by atoms with Crippen LogP contribution in [0.1, 0.15) is 53.8 Å². The maximum absolute atomic E-state index is 13.0. The Morgan fingerprint density at radius 1 is 1.26 bits per heavy atom. The fourth-order valence-electron chi connectivity index (χ4n) is 3.11. The molecule has 4 nitrogen and oxygen atoms in total. The first kappa shape index (κ1) is 15.5. The van der Waals surface area contributed by atoms with E-state index in [-0.39, 0.29) is 24.0 Å². The van der Waals surface area contributed by atoms with Crippen LogP contribution in [-0.2, 0) is 11.3 Å². The summed E-state index contributed by atoms with van der Waals surface area (Å²) >= 11 is 0. The van der Waals surface area contributed by atoms with Gasteiger partial charge in [0.05, 0.1) is 18.7 Å². The van der Waals surface area contributed by atoms with Crippen molar-refractivity contribution in [3.8, 4) is 0 Å². The number of carbonyl (C=O) groups excluding carboxylic acids is 2. The summed E-state index contributed by atoms with van der Waals surface area (Å²) in [4.78, 5) is 27.0. The molecule has 1 aliphatic carbocycles. The van der Waals surface area contributed by atoms with Crippen molar-refractivity contribution < 1.29 is 14.0 Å². The van der Waals surface area contributed by atoms with Crippen molar-refractivity contribution >= 4 is 11.7 Å². The Bertz CT molecular complexity index is 690. The van der Waals surface area contributed by atoms with Gasteiger partial charge in [0.1, 0.15) is 5.76 Å². The SMILES string of the molecule is CCCCN(Cc1ccco1)C(=O)[C@H]1CC(=O)c2ccccc21. The summed E-state index contributed by atoms with van der Waals surface area (Å²) in [7, 11) is 0. The van der Waals surface area contributed by atoms with E-state index in [1.165, 1.54) is 0 Å². The molecule has 1 aromatic carbocycles. The van der Waals surface area contributed by atoms with Crippen molar-refractivity contribution in [2.75, 3.05) is 6.54 Å².